The third-order valence-corrected chi connectivity index (χ3v) is 7.06. The van der Waals surface area contributed by atoms with Gasteiger partial charge in [-0.3, -0.25) is 19.1 Å². The van der Waals surface area contributed by atoms with Crippen LogP contribution in [0.4, 0.5) is 0 Å². The van der Waals surface area contributed by atoms with E-state index in [-0.39, 0.29) is 17.5 Å². The maximum Gasteiger partial charge on any atom is 0.262 e. The molecule has 1 aromatic heterocycles. The molecule has 7 heteroatoms. The molecule has 1 aliphatic heterocycles. The van der Waals surface area contributed by atoms with E-state index in [1.165, 1.54) is 15.7 Å². The number of hydrogen-bond acceptors (Lipinski definition) is 4. The lowest BCUT2D eigenvalue weighted by Gasteiger charge is -2.39. The molecule has 0 spiro atoms. The van der Waals surface area contributed by atoms with E-state index in [4.69, 9.17) is 12.2 Å². The maximum atomic E-state index is 13.4. The molecule has 182 valence electrons. The van der Waals surface area contributed by atoms with E-state index in [9.17, 15) is 9.59 Å². The summed E-state index contributed by atoms with van der Waals surface area (Å²) in [6.45, 7) is 6.81. The van der Waals surface area contributed by atoms with Crippen LogP contribution in [0.1, 0.15) is 27.5 Å². The lowest BCUT2D eigenvalue weighted by atomic mass is 9.96. The Bertz CT molecular complexity index is 1460. The Morgan fingerprint density at radius 3 is 2.14 bits per heavy atom. The summed E-state index contributed by atoms with van der Waals surface area (Å²) in [6.07, 6.45) is 1.63. The van der Waals surface area contributed by atoms with Crippen molar-refractivity contribution in [3.8, 4) is 0 Å². The van der Waals surface area contributed by atoms with Gasteiger partial charge in [0.15, 0.2) is 4.77 Å². The van der Waals surface area contributed by atoms with Crippen LogP contribution in [0.3, 0.4) is 0 Å². The van der Waals surface area contributed by atoms with Gasteiger partial charge < -0.3 is 9.88 Å². The van der Waals surface area contributed by atoms with Gasteiger partial charge in [0.05, 0.1) is 16.9 Å². The van der Waals surface area contributed by atoms with E-state index < -0.39 is 0 Å². The van der Waals surface area contributed by atoms with Gasteiger partial charge >= 0.3 is 0 Å². The van der Waals surface area contributed by atoms with E-state index in [1.807, 2.05) is 17.0 Å². The molecule has 1 saturated heterocycles. The molecule has 0 saturated carbocycles. The maximum absolute atomic E-state index is 13.4. The molecule has 1 amide bonds. The van der Waals surface area contributed by atoms with Gasteiger partial charge in [-0.05, 0) is 41.5 Å². The number of allylic oxidation sites excluding steroid dienone is 1. The average molecular weight is 497 g/mol. The zero-order valence-electron chi connectivity index (χ0n) is 20.0. The van der Waals surface area contributed by atoms with Crippen LogP contribution in [0.2, 0.25) is 0 Å². The zero-order chi connectivity index (χ0) is 25.1. The summed E-state index contributed by atoms with van der Waals surface area (Å²) in [6, 6.07) is 26.3. The van der Waals surface area contributed by atoms with Crippen molar-refractivity contribution < 1.29 is 4.79 Å². The number of benzene rings is 3. The van der Waals surface area contributed by atoms with Crippen LogP contribution in [-0.2, 0) is 6.54 Å². The SMILES string of the molecule is C=CCn1c(=S)[nH]c2cc(C(=O)N3CCN(C(c4ccccc4)c4ccccc4)CC3)ccc2c1=O. The number of H-pyrrole nitrogens is 1. The fourth-order valence-electron chi connectivity index (χ4n) is 4.93. The molecule has 0 radical (unpaired) electrons. The average Bonchev–Trinajstić information content (AvgIpc) is 2.92. The number of rotatable bonds is 6. The molecular formula is C29H28N4O2S. The van der Waals surface area contributed by atoms with Crippen molar-refractivity contribution in [3.63, 3.8) is 0 Å². The van der Waals surface area contributed by atoms with E-state index >= 15 is 0 Å². The smallest absolute Gasteiger partial charge is 0.262 e. The van der Waals surface area contributed by atoms with Gasteiger partial charge in [0.1, 0.15) is 0 Å². The number of carbonyl (C=O) groups excluding carboxylic acids is 1. The zero-order valence-corrected chi connectivity index (χ0v) is 20.8. The topological polar surface area (TPSA) is 61.3 Å². The molecule has 4 aromatic rings. The summed E-state index contributed by atoms with van der Waals surface area (Å²) >= 11 is 5.34. The first-order valence-corrected chi connectivity index (χ1v) is 12.5. The van der Waals surface area contributed by atoms with E-state index in [2.05, 4.69) is 65.0 Å². The monoisotopic (exact) mass is 496 g/mol. The minimum Gasteiger partial charge on any atom is -0.336 e. The van der Waals surface area contributed by atoms with Crippen molar-refractivity contribution in [1.82, 2.24) is 19.4 Å². The highest BCUT2D eigenvalue weighted by Gasteiger charge is 2.28. The highest BCUT2D eigenvalue weighted by Crippen LogP contribution is 2.29. The fourth-order valence-corrected chi connectivity index (χ4v) is 5.20. The molecule has 0 bridgehead atoms. The molecular weight excluding hydrogens is 468 g/mol. The Labute approximate surface area is 215 Å². The van der Waals surface area contributed by atoms with Crippen molar-refractivity contribution in [2.45, 2.75) is 12.6 Å². The lowest BCUT2D eigenvalue weighted by Crippen LogP contribution is -2.49. The molecule has 1 aliphatic rings. The first kappa shape index (κ1) is 23.9. The van der Waals surface area contributed by atoms with Crippen molar-refractivity contribution in [2.75, 3.05) is 26.2 Å². The van der Waals surface area contributed by atoms with Crippen LogP contribution >= 0.6 is 12.2 Å². The summed E-state index contributed by atoms with van der Waals surface area (Å²) < 4.78 is 1.78. The standard InChI is InChI=1S/C29H28N4O2S/c1-2-15-33-28(35)24-14-13-23(20-25(24)30-29(33)36)27(34)32-18-16-31(17-19-32)26(21-9-5-3-6-10-21)22-11-7-4-8-12-22/h2-14,20,26H,1,15-19H2,(H,30,36). The molecule has 6 nitrogen and oxygen atoms in total. The summed E-state index contributed by atoms with van der Waals surface area (Å²) in [7, 11) is 0. The molecule has 0 unspecified atom stereocenters. The van der Waals surface area contributed by atoms with Gasteiger partial charge in [0.2, 0.25) is 0 Å². The van der Waals surface area contributed by atoms with Crippen LogP contribution in [0.15, 0.2) is 96.3 Å². The first-order valence-electron chi connectivity index (χ1n) is 12.1. The number of nitrogens with zero attached hydrogens (tertiary/aromatic N) is 3. The third kappa shape index (κ3) is 4.67. The highest BCUT2D eigenvalue weighted by atomic mass is 32.1. The summed E-state index contributed by atoms with van der Waals surface area (Å²) in [4.78, 5) is 33.6. The highest BCUT2D eigenvalue weighted by molar-refractivity contribution is 7.71. The first-order chi connectivity index (χ1) is 17.6. The predicted molar refractivity (Wildman–Crippen MR) is 146 cm³/mol. The molecule has 1 N–H and O–H groups in total. The Morgan fingerprint density at radius 2 is 1.56 bits per heavy atom. The lowest BCUT2D eigenvalue weighted by molar-refractivity contribution is 0.0597. The fraction of sp³-hybridized carbons (Fsp3) is 0.207. The Morgan fingerprint density at radius 1 is 0.944 bits per heavy atom. The number of piperazine rings is 1. The third-order valence-electron chi connectivity index (χ3n) is 6.74. The Balaban J connectivity index is 1.36. The molecule has 5 rings (SSSR count). The number of nitrogens with one attached hydrogen (secondary N) is 1. The second kappa shape index (κ2) is 10.4. The van der Waals surface area contributed by atoms with Crippen molar-refractivity contribution >= 4 is 29.0 Å². The minimum absolute atomic E-state index is 0.0397. The van der Waals surface area contributed by atoms with Crippen molar-refractivity contribution in [1.29, 1.82) is 0 Å². The molecule has 1 fully saturated rings. The van der Waals surface area contributed by atoms with Gasteiger partial charge in [-0.1, -0.05) is 66.7 Å². The summed E-state index contributed by atoms with van der Waals surface area (Å²) in [5.41, 5.74) is 3.42. The van der Waals surface area contributed by atoms with Gasteiger partial charge in [-0.15, -0.1) is 6.58 Å². The molecule has 0 atom stereocenters. The Kier molecular flexibility index (Phi) is 6.93. The molecule has 2 heterocycles. The number of aromatic nitrogens is 2. The van der Waals surface area contributed by atoms with Crippen molar-refractivity contribution in [3.05, 3.63) is 123 Å². The largest absolute Gasteiger partial charge is 0.336 e. The molecule has 3 aromatic carbocycles. The molecule has 36 heavy (non-hydrogen) atoms. The second-order valence-electron chi connectivity index (χ2n) is 8.95. The van der Waals surface area contributed by atoms with E-state index in [0.29, 0.717) is 40.9 Å². The second-order valence-corrected chi connectivity index (χ2v) is 9.33. The predicted octanol–water partition coefficient (Wildman–Crippen LogP) is 4.79. The van der Waals surface area contributed by atoms with E-state index in [1.54, 1.807) is 24.3 Å². The van der Waals surface area contributed by atoms with Gasteiger partial charge in [0.25, 0.3) is 11.5 Å². The quantitative estimate of drug-likeness (QED) is 0.308. The van der Waals surface area contributed by atoms with Crippen LogP contribution in [-0.4, -0.2) is 51.4 Å². The Hall–Kier alpha value is -3.81. The van der Waals surface area contributed by atoms with Crippen LogP contribution in [0.25, 0.3) is 10.9 Å². The number of amides is 1. The van der Waals surface area contributed by atoms with Gasteiger partial charge in [0, 0.05) is 38.3 Å². The van der Waals surface area contributed by atoms with Crippen LogP contribution in [0, 0.1) is 4.77 Å². The van der Waals surface area contributed by atoms with Gasteiger partial charge in [-0.25, -0.2) is 0 Å². The number of carbonyl (C=O) groups is 1. The minimum atomic E-state index is -0.186. The van der Waals surface area contributed by atoms with Crippen LogP contribution in [0.5, 0.6) is 0 Å². The van der Waals surface area contributed by atoms with Crippen molar-refractivity contribution in [2.24, 2.45) is 0 Å². The van der Waals surface area contributed by atoms with Crippen LogP contribution < -0.4 is 5.56 Å². The molecule has 0 aliphatic carbocycles. The number of fused-ring (bicyclic) bond motifs is 1. The van der Waals surface area contributed by atoms with Gasteiger partial charge in [-0.2, -0.15) is 0 Å². The van der Waals surface area contributed by atoms with E-state index in [0.717, 1.165) is 13.1 Å². The summed E-state index contributed by atoms with van der Waals surface area (Å²) in [5.74, 6) is -0.0397. The number of aromatic amines is 1. The normalized spacial score (nSPS) is 14.3. The number of hydrogen-bond donors (Lipinski definition) is 1. The summed E-state index contributed by atoms with van der Waals surface area (Å²) in [5, 5.41) is 0.500.